The molecule has 3 atom stereocenters. The summed E-state index contributed by atoms with van der Waals surface area (Å²) in [5.41, 5.74) is 3.37. The van der Waals surface area contributed by atoms with Crippen molar-refractivity contribution in [2.24, 2.45) is 11.3 Å². The maximum absolute atomic E-state index is 13.7. The Kier molecular flexibility index (Phi) is 5.24. The lowest BCUT2D eigenvalue weighted by Crippen LogP contribution is -2.44. The molecule has 3 saturated carbocycles. The van der Waals surface area contributed by atoms with Gasteiger partial charge in [0.1, 0.15) is 18.4 Å². The first-order valence-corrected chi connectivity index (χ1v) is 14.6. The van der Waals surface area contributed by atoms with Gasteiger partial charge in [0.2, 0.25) is 5.91 Å². The minimum Gasteiger partial charge on any atom is -0.490 e. The number of nitrogens with zero attached hydrogens (tertiary/aromatic N) is 4. The standard InChI is InChI=1S/C30H36N4O5/c35-12-13-38-19-6-9-32(10-7-19)28(37)27-26-23(15-29-17-30(26,29)18-29)34(31-27)16-25(36)33-11-8-24(21-14-22(21)33)39-20-4-2-1-3-5-20/h1-5,19,21-22,24,35H,6-18H2. The van der Waals surface area contributed by atoms with E-state index in [-0.39, 0.29) is 48.6 Å². The SMILES string of the molecule is O=C(c1nn(CC(=O)N2CCC(Oc3ccccc3)C3CC32)c2c1C13CC1(C2)C3)N1CCC(OCCO)CC1. The van der Waals surface area contributed by atoms with Crippen LogP contribution in [-0.2, 0) is 27.9 Å². The number of aliphatic hydroxyl groups is 1. The summed E-state index contributed by atoms with van der Waals surface area (Å²) in [7, 11) is 0. The van der Waals surface area contributed by atoms with E-state index in [1.54, 1.807) is 0 Å². The Labute approximate surface area is 228 Å². The Bertz CT molecular complexity index is 1310. The van der Waals surface area contributed by atoms with Crippen LogP contribution in [0.5, 0.6) is 5.75 Å². The molecule has 2 aromatic rings. The van der Waals surface area contributed by atoms with E-state index in [0.717, 1.165) is 49.1 Å². The highest BCUT2D eigenvalue weighted by Gasteiger charge is 2.87. The van der Waals surface area contributed by atoms with Crippen molar-refractivity contribution in [3.05, 3.63) is 47.3 Å². The van der Waals surface area contributed by atoms with Crippen LogP contribution in [0.15, 0.2) is 30.3 Å². The first-order valence-electron chi connectivity index (χ1n) is 14.6. The Hall–Kier alpha value is -2.91. The summed E-state index contributed by atoms with van der Waals surface area (Å²) >= 11 is 0. The number of hydrogen-bond acceptors (Lipinski definition) is 6. The Balaban J connectivity index is 0.957. The quantitative estimate of drug-likeness (QED) is 0.560. The van der Waals surface area contributed by atoms with Crippen molar-refractivity contribution in [3.8, 4) is 5.75 Å². The second kappa shape index (κ2) is 8.54. The van der Waals surface area contributed by atoms with Crippen LogP contribution in [0.2, 0.25) is 0 Å². The molecule has 0 radical (unpaired) electrons. The van der Waals surface area contributed by atoms with Gasteiger partial charge in [0.15, 0.2) is 5.69 Å². The molecule has 1 aromatic heterocycles. The van der Waals surface area contributed by atoms with Crippen molar-refractivity contribution >= 4 is 11.8 Å². The van der Waals surface area contributed by atoms with Gasteiger partial charge in [0.25, 0.3) is 5.91 Å². The topological polar surface area (TPSA) is 97.1 Å². The molecular formula is C30H36N4O5. The lowest BCUT2D eigenvalue weighted by atomic mass is 9.95. The third kappa shape index (κ3) is 3.69. The molecule has 3 unspecified atom stereocenters. The van der Waals surface area contributed by atoms with Gasteiger partial charge >= 0.3 is 0 Å². The van der Waals surface area contributed by atoms with Crippen LogP contribution in [0.4, 0.5) is 0 Å². The largest absolute Gasteiger partial charge is 0.490 e. The number of piperidine rings is 2. The Morgan fingerprint density at radius 3 is 2.64 bits per heavy atom. The fourth-order valence-electron chi connectivity index (χ4n) is 8.08. The molecule has 5 fully saturated rings. The van der Waals surface area contributed by atoms with E-state index in [9.17, 15) is 9.59 Å². The lowest BCUT2D eigenvalue weighted by Gasteiger charge is -2.32. The summed E-state index contributed by atoms with van der Waals surface area (Å²) < 4.78 is 13.8. The molecule has 0 bridgehead atoms. The number of carbonyl (C=O) groups excluding carboxylic acids is 2. The summed E-state index contributed by atoms with van der Waals surface area (Å²) in [5, 5.41) is 13.9. The van der Waals surface area contributed by atoms with E-state index in [1.807, 2.05) is 44.8 Å². The predicted octanol–water partition coefficient (Wildman–Crippen LogP) is 2.15. The molecule has 206 valence electrons. The van der Waals surface area contributed by atoms with Gasteiger partial charge in [0.05, 0.1) is 19.3 Å². The molecule has 4 aliphatic carbocycles. The van der Waals surface area contributed by atoms with E-state index >= 15 is 0 Å². The van der Waals surface area contributed by atoms with Gasteiger partial charge in [-0.05, 0) is 56.1 Å². The van der Waals surface area contributed by atoms with Gasteiger partial charge in [0, 0.05) is 54.7 Å². The minimum atomic E-state index is 0.00293. The number of aromatic nitrogens is 2. The number of aliphatic hydroxyl groups excluding tert-OH is 1. The van der Waals surface area contributed by atoms with Crippen molar-refractivity contribution in [2.75, 3.05) is 32.8 Å². The minimum absolute atomic E-state index is 0.00293. The molecule has 1 aromatic carbocycles. The number of para-hydroxylation sites is 1. The number of carbonyl (C=O) groups is 2. The number of benzene rings is 1. The zero-order valence-electron chi connectivity index (χ0n) is 22.3. The van der Waals surface area contributed by atoms with E-state index < -0.39 is 0 Å². The van der Waals surface area contributed by atoms with Crippen molar-refractivity contribution in [3.63, 3.8) is 0 Å². The van der Waals surface area contributed by atoms with Gasteiger partial charge in [-0.15, -0.1) is 0 Å². The van der Waals surface area contributed by atoms with Crippen molar-refractivity contribution in [2.45, 2.75) is 75.2 Å². The normalized spacial score (nSPS) is 33.6. The van der Waals surface area contributed by atoms with Crippen LogP contribution in [0.1, 0.15) is 60.3 Å². The smallest absolute Gasteiger partial charge is 0.274 e. The molecular weight excluding hydrogens is 496 g/mol. The predicted molar refractivity (Wildman–Crippen MR) is 140 cm³/mol. The molecule has 2 amide bonds. The van der Waals surface area contributed by atoms with Crippen LogP contribution < -0.4 is 4.74 Å². The van der Waals surface area contributed by atoms with Gasteiger partial charge in [-0.3, -0.25) is 14.3 Å². The first kappa shape index (κ1) is 23.9. The van der Waals surface area contributed by atoms with Crippen LogP contribution in [0.3, 0.4) is 0 Å². The van der Waals surface area contributed by atoms with Crippen molar-refractivity contribution in [1.82, 2.24) is 19.6 Å². The fourth-order valence-corrected chi connectivity index (χ4v) is 8.08. The molecule has 3 heterocycles. The third-order valence-corrected chi connectivity index (χ3v) is 10.4. The molecule has 9 heteroatoms. The molecule has 6 aliphatic rings. The van der Waals surface area contributed by atoms with Gasteiger partial charge < -0.3 is 24.4 Å². The molecule has 0 spiro atoms. The number of hydrogen-bond donors (Lipinski definition) is 1. The second-order valence-corrected chi connectivity index (χ2v) is 12.6. The highest BCUT2D eigenvalue weighted by molar-refractivity contribution is 5.96. The number of fused-ring (bicyclic) bond motifs is 2. The number of rotatable bonds is 8. The molecule has 39 heavy (non-hydrogen) atoms. The molecule has 1 N–H and O–H groups in total. The number of amides is 2. The fraction of sp³-hybridized carbons (Fsp3) is 0.633. The summed E-state index contributed by atoms with van der Waals surface area (Å²) in [6.07, 6.45) is 6.92. The van der Waals surface area contributed by atoms with E-state index in [0.29, 0.717) is 43.3 Å². The zero-order chi connectivity index (χ0) is 26.4. The van der Waals surface area contributed by atoms with Gasteiger partial charge in [-0.25, -0.2) is 0 Å². The second-order valence-electron chi connectivity index (χ2n) is 12.6. The maximum atomic E-state index is 13.7. The molecule has 2 saturated heterocycles. The monoisotopic (exact) mass is 532 g/mol. The van der Waals surface area contributed by atoms with E-state index in [4.69, 9.17) is 19.7 Å². The van der Waals surface area contributed by atoms with Gasteiger partial charge in [-0.2, -0.15) is 5.10 Å². The summed E-state index contributed by atoms with van der Waals surface area (Å²) in [6, 6.07) is 10.2. The first-order chi connectivity index (χ1) is 19.0. The molecule has 2 aliphatic heterocycles. The summed E-state index contributed by atoms with van der Waals surface area (Å²) in [4.78, 5) is 31.2. The van der Waals surface area contributed by atoms with Crippen molar-refractivity contribution in [1.29, 1.82) is 0 Å². The Morgan fingerprint density at radius 2 is 1.87 bits per heavy atom. The molecule has 8 rings (SSSR count). The highest BCUT2D eigenvalue weighted by atomic mass is 16.5. The van der Waals surface area contributed by atoms with Crippen LogP contribution in [0.25, 0.3) is 0 Å². The summed E-state index contributed by atoms with van der Waals surface area (Å²) in [6.45, 7) is 2.55. The third-order valence-electron chi connectivity index (χ3n) is 10.4. The zero-order valence-corrected chi connectivity index (χ0v) is 22.3. The highest BCUT2D eigenvalue weighted by Crippen LogP contribution is 2.90. The van der Waals surface area contributed by atoms with Gasteiger partial charge in [-0.1, -0.05) is 18.2 Å². The average molecular weight is 533 g/mol. The van der Waals surface area contributed by atoms with E-state index in [2.05, 4.69) is 0 Å². The van der Waals surface area contributed by atoms with E-state index in [1.165, 1.54) is 12.8 Å². The maximum Gasteiger partial charge on any atom is 0.274 e. The lowest BCUT2D eigenvalue weighted by molar-refractivity contribution is -0.134. The van der Waals surface area contributed by atoms with Crippen LogP contribution in [-0.4, -0.2) is 87.6 Å². The number of ether oxygens (including phenoxy) is 2. The van der Waals surface area contributed by atoms with Crippen molar-refractivity contribution < 1.29 is 24.2 Å². The molecule has 9 nitrogen and oxygen atoms in total. The van der Waals surface area contributed by atoms with Crippen LogP contribution in [0, 0.1) is 11.3 Å². The Morgan fingerprint density at radius 1 is 1.08 bits per heavy atom. The number of likely N-dealkylation sites (tertiary alicyclic amines) is 2. The summed E-state index contributed by atoms with van der Waals surface area (Å²) in [5.74, 6) is 1.40. The average Bonchev–Trinajstić information content (AvgIpc) is 3.88. The van der Waals surface area contributed by atoms with Crippen LogP contribution >= 0.6 is 0 Å².